The Morgan fingerprint density at radius 3 is 2.57 bits per heavy atom. The number of nitrogens with zero attached hydrogens (tertiary/aromatic N) is 2. The summed E-state index contributed by atoms with van der Waals surface area (Å²) in [4.78, 5) is 0.224. The molecule has 1 atom stereocenters. The fraction of sp³-hybridized carbons (Fsp3) is 0.385. The first kappa shape index (κ1) is 15.9. The smallest absolute Gasteiger partial charge is 0.262 e. The zero-order valence-electron chi connectivity index (χ0n) is 11.9. The number of hydrogen-bond acceptors (Lipinski definition) is 6. The molecule has 8 heteroatoms. The Kier molecular flexibility index (Phi) is 5.27. The lowest BCUT2D eigenvalue weighted by Crippen LogP contribution is -2.19. The van der Waals surface area contributed by atoms with Crippen molar-refractivity contribution >= 4 is 26.6 Å². The second-order valence-corrected chi connectivity index (χ2v) is 7.10. The van der Waals surface area contributed by atoms with E-state index in [9.17, 15) is 8.42 Å². The van der Waals surface area contributed by atoms with Crippen molar-refractivity contribution in [3.8, 4) is 0 Å². The highest BCUT2D eigenvalue weighted by Crippen LogP contribution is 2.20. The predicted octanol–water partition coefficient (Wildman–Crippen LogP) is 2.40. The number of hydrogen-bond donors (Lipinski definition) is 2. The highest BCUT2D eigenvalue weighted by atomic mass is 32.2. The number of anilines is 1. The Morgan fingerprint density at radius 2 is 2.00 bits per heavy atom. The molecule has 0 fully saturated rings. The van der Waals surface area contributed by atoms with Crippen LogP contribution in [0.1, 0.15) is 31.9 Å². The van der Waals surface area contributed by atoms with Crippen LogP contribution in [0.5, 0.6) is 0 Å². The molecule has 21 heavy (non-hydrogen) atoms. The molecule has 0 aliphatic heterocycles. The summed E-state index contributed by atoms with van der Waals surface area (Å²) < 4.78 is 30.4. The molecule has 114 valence electrons. The Morgan fingerprint density at radius 1 is 1.29 bits per heavy atom. The number of nitrogens with one attached hydrogen (secondary N) is 2. The monoisotopic (exact) mass is 326 g/mol. The van der Waals surface area contributed by atoms with Crippen LogP contribution in [0.4, 0.5) is 5.00 Å². The van der Waals surface area contributed by atoms with Crippen LogP contribution in [0, 0.1) is 0 Å². The van der Waals surface area contributed by atoms with Gasteiger partial charge in [0.05, 0.1) is 11.1 Å². The Labute approximate surface area is 128 Å². The van der Waals surface area contributed by atoms with Crippen LogP contribution < -0.4 is 10.0 Å². The first-order chi connectivity index (χ1) is 10.0. The summed E-state index contributed by atoms with van der Waals surface area (Å²) in [5.41, 5.74) is 1.06. The predicted molar refractivity (Wildman–Crippen MR) is 83.9 cm³/mol. The van der Waals surface area contributed by atoms with Gasteiger partial charge in [0.15, 0.2) is 0 Å². The van der Waals surface area contributed by atoms with E-state index in [4.69, 9.17) is 0 Å². The lowest BCUT2D eigenvalue weighted by atomic mass is 10.1. The lowest BCUT2D eigenvalue weighted by molar-refractivity contribution is 0.570. The van der Waals surface area contributed by atoms with Crippen molar-refractivity contribution in [1.82, 2.24) is 14.9 Å². The Bertz CT molecular complexity index is 654. The van der Waals surface area contributed by atoms with Crippen LogP contribution in [0.15, 0.2) is 35.4 Å². The van der Waals surface area contributed by atoms with Crippen LogP contribution in [-0.4, -0.2) is 24.5 Å². The molecule has 0 bridgehead atoms. The van der Waals surface area contributed by atoms with Crippen LogP contribution in [0.2, 0.25) is 0 Å². The molecule has 0 saturated heterocycles. The molecular weight excluding hydrogens is 308 g/mol. The van der Waals surface area contributed by atoms with Gasteiger partial charge in [-0.3, -0.25) is 4.72 Å². The summed E-state index contributed by atoms with van der Waals surface area (Å²) in [6, 6.07) is 7.06. The lowest BCUT2D eigenvalue weighted by Gasteiger charge is -2.14. The summed E-state index contributed by atoms with van der Waals surface area (Å²) in [6.07, 6.45) is 2.44. The molecule has 0 amide bonds. The quantitative estimate of drug-likeness (QED) is 0.816. The second kappa shape index (κ2) is 6.97. The first-order valence-corrected chi connectivity index (χ1v) is 8.92. The maximum atomic E-state index is 12.2. The molecule has 1 heterocycles. The molecule has 1 aromatic carbocycles. The summed E-state index contributed by atoms with van der Waals surface area (Å²) in [5.74, 6) is 0. The van der Waals surface area contributed by atoms with Gasteiger partial charge in [0.1, 0.15) is 5.00 Å². The molecule has 0 aliphatic carbocycles. The van der Waals surface area contributed by atoms with Gasteiger partial charge in [-0.1, -0.05) is 23.5 Å². The third-order valence-electron chi connectivity index (χ3n) is 2.99. The summed E-state index contributed by atoms with van der Waals surface area (Å²) >= 11 is 1.00. The molecule has 6 nitrogen and oxygen atoms in total. The van der Waals surface area contributed by atoms with Gasteiger partial charge in [-0.05, 0) is 37.6 Å². The Balaban J connectivity index is 2.11. The standard InChI is InChI=1S/C13H18N4O2S2/c1-3-8-14-10(2)11-4-6-12(7-5-11)21(18,19)16-13-9-15-17-20-13/h4-7,9-10,14,16H,3,8H2,1-2H3. The molecule has 1 unspecified atom stereocenters. The van der Waals surface area contributed by atoms with E-state index in [1.165, 1.54) is 6.20 Å². The fourth-order valence-electron chi connectivity index (χ4n) is 1.82. The molecule has 0 saturated carbocycles. The van der Waals surface area contributed by atoms with Crippen LogP contribution in [0.3, 0.4) is 0 Å². The van der Waals surface area contributed by atoms with E-state index < -0.39 is 10.0 Å². The van der Waals surface area contributed by atoms with Crippen molar-refractivity contribution in [3.05, 3.63) is 36.0 Å². The van der Waals surface area contributed by atoms with Crippen LogP contribution in [-0.2, 0) is 10.0 Å². The number of rotatable bonds is 7. The van der Waals surface area contributed by atoms with Crippen LogP contribution in [0.25, 0.3) is 0 Å². The summed E-state index contributed by atoms with van der Waals surface area (Å²) in [7, 11) is -3.58. The molecule has 0 radical (unpaired) electrons. The Hall–Kier alpha value is -1.51. The van der Waals surface area contributed by atoms with E-state index in [1.807, 2.05) is 12.1 Å². The number of benzene rings is 1. The molecule has 2 N–H and O–H groups in total. The highest BCUT2D eigenvalue weighted by Gasteiger charge is 2.15. The van der Waals surface area contributed by atoms with Crippen molar-refractivity contribution in [2.24, 2.45) is 0 Å². The molecular formula is C13H18N4O2S2. The SMILES string of the molecule is CCCNC(C)c1ccc(S(=O)(=O)Nc2cnns2)cc1. The van der Waals surface area contributed by atoms with Gasteiger partial charge in [-0.25, -0.2) is 8.42 Å². The van der Waals surface area contributed by atoms with Gasteiger partial charge in [0, 0.05) is 17.6 Å². The van der Waals surface area contributed by atoms with Crippen molar-refractivity contribution in [2.45, 2.75) is 31.2 Å². The van der Waals surface area contributed by atoms with E-state index >= 15 is 0 Å². The fourth-order valence-corrected chi connectivity index (χ4v) is 3.50. The number of aromatic nitrogens is 2. The second-order valence-electron chi connectivity index (χ2n) is 4.63. The molecule has 1 aromatic heterocycles. The summed E-state index contributed by atoms with van der Waals surface area (Å²) in [5, 5.41) is 7.36. The van der Waals surface area contributed by atoms with Gasteiger partial charge < -0.3 is 5.32 Å². The zero-order valence-corrected chi connectivity index (χ0v) is 13.5. The van der Waals surface area contributed by atoms with E-state index in [2.05, 4.69) is 33.5 Å². The van der Waals surface area contributed by atoms with E-state index in [1.54, 1.807) is 12.1 Å². The average Bonchev–Trinajstić information content (AvgIpc) is 2.97. The first-order valence-electron chi connectivity index (χ1n) is 6.66. The molecule has 2 rings (SSSR count). The van der Waals surface area contributed by atoms with Crippen molar-refractivity contribution in [2.75, 3.05) is 11.3 Å². The van der Waals surface area contributed by atoms with Crippen molar-refractivity contribution < 1.29 is 8.42 Å². The van der Waals surface area contributed by atoms with Crippen molar-refractivity contribution in [1.29, 1.82) is 0 Å². The molecule has 0 spiro atoms. The topological polar surface area (TPSA) is 84.0 Å². The molecule has 2 aromatic rings. The minimum Gasteiger partial charge on any atom is -0.310 e. The highest BCUT2D eigenvalue weighted by molar-refractivity contribution is 7.93. The van der Waals surface area contributed by atoms with E-state index in [0.717, 1.165) is 30.1 Å². The normalized spacial score (nSPS) is 13.0. The maximum Gasteiger partial charge on any atom is 0.262 e. The van der Waals surface area contributed by atoms with E-state index in [-0.39, 0.29) is 10.9 Å². The zero-order chi connectivity index (χ0) is 15.3. The minimum atomic E-state index is -3.58. The van der Waals surface area contributed by atoms with Gasteiger partial charge in [0.2, 0.25) is 0 Å². The minimum absolute atomic E-state index is 0.195. The summed E-state index contributed by atoms with van der Waals surface area (Å²) in [6.45, 7) is 5.09. The molecule has 0 aliphatic rings. The van der Waals surface area contributed by atoms with Crippen LogP contribution >= 0.6 is 11.5 Å². The number of sulfonamides is 1. The van der Waals surface area contributed by atoms with Gasteiger partial charge in [-0.15, -0.1) is 5.10 Å². The average molecular weight is 326 g/mol. The maximum absolute atomic E-state index is 12.2. The van der Waals surface area contributed by atoms with Gasteiger partial charge >= 0.3 is 0 Å². The third-order valence-corrected chi connectivity index (χ3v) is 5.08. The third kappa shape index (κ3) is 4.23. The van der Waals surface area contributed by atoms with Crippen molar-refractivity contribution in [3.63, 3.8) is 0 Å². The van der Waals surface area contributed by atoms with Gasteiger partial charge in [0.25, 0.3) is 10.0 Å². The van der Waals surface area contributed by atoms with E-state index in [0.29, 0.717) is 5.00 Å². The van der Waals surface area contributed by atoms with Gasteiger partial charge in [-0.2, -0.15) is 0 Å². The largest absolute Gasteiger partial charge is 0.310 e.